The monoisotopic (exact) mass is 401 g/mol. The van der Waals surface area contributed by atoms with Crippen LogP contribution in [0.3, 0.4) is 0 Å². The fourth-order valence-corrected chi connectivity index (χ4v) is 4.14. The average molecular weight is 402 g/mol. The van der Waals surface area contributed by atoms with Crippen LogP contribution in [0.25, 0.3) is 0 Å². The van der Waals surface area contributed by atoms with Gasteiger partial charge in [-0.2, -0.15) is 0 Å². The molecule has 0 radical (unpaired) electrons. The van der Waals surface area contributed by atoms with E-state index in [9.17, 15) is 9.59 Å². The van der Waals surface area contributed by atoms with E-state index >= 15 is 0 Å². The van der Waals surface area contributed by atoms with Gasteiger partial charge in [-0.3, -0.25) is 4.79 Å². The summed E-state index contributed by atoms with van der Waals surface area (Å²) >= 11 is 1.82. The summed E-state index contributed by atoms with van der Waals surface area (Å²) in [6.45, 7) is 7.41. The van der Waals surface area contributed by atoms with E-state index in [0.29, 0.717) is 36.3 Å². The molecule has 1 aliphatic heterocycles. The first-order chi connectivity index (χ1) is 13.4. The highest BCUT2D eigenvalue weighted by Crippen LogP contribution is 2.23. The van der Waals surface area contributed by atoms with E-state index in [1.165, 1.54) is 11.0 Å². The third kappa shape index (κ3) is 5.89. The Morgan fingerprint density at radius 2 is 1.89 bits per heavy atom. The van der Waals surface area contributed by atoms with Gasteiger partial charge in [-0.15, -0.1) is 11.8 Å². The fourth-order valence-electron chi connectivity index (χ4n) is 3.30. The van der Waals surface area contributed by atoms with Crippen molar-refractivity contribution in [2.24, 2.45) is 0 Å². The third-order valence-electron chi connectivity index (χ3n) is 4.62. The van der Waals surface area contributed by atoms with Crippen LogP contribution in [0.2, 0.25) is 0 Å². The Kier molecular flexibility index (Phi) is 6.83. The molecule has 1 aliphatic rings. The normalized spacial score (nSPS) is 15.1. The largest absolute Gasteiger partial charge is 0.490 e. The number of hydrogen-bond acceptors (Lipinski definition) is 5. The number of nitrogens with zero attached hydrogens (tertiary/aromatic N) is 1. The molecule has 0 unspecified atom stereocenters. The molecule has 0 aliphatic carbocycles. The Bertz CT molecular complexity index is 852. The number of thioether (sulfide) groups is 1. The van der Waals surface area contributed by atoms with Crippen LogP contribution in [-0.2, 0) is 11.2 Å². The van der Waals surface area contributed by atoms with E-state index in [1.807, 2.05) is 28.8 Å². The number of aryl methyl sites for hydroxylation is 1. The van der Waals surface area contributed by atoms with Crippen molar-refractivity contribution in [3.63, 3.8) is 0 Å². The molecule has 6 heteroatoms. The Balaban J connectivity index is 1.48. The molecule has 3 rings (SSSR count). The van der Waals surface area contributed by atoms with Crippen molar-refractivity contribution in [2.75, 3.05) is 13.1 Å². The van der Waals surface area contributed by atoms with Gasteiger partial charge in [0.15, 0.2) is 0 Å². The number of amides is 1. The van der Waals surface area contributed by atoms with Crippen molar-refractivity contribution in [3.05, 3.63) is 58.1 Å². The Morgan fingerprint density at radius 3 is 2.50 bits per heavy atom. The van der Waals surface area contributed by atoms with Gasteiger partial charge >= 0.3 is 5.63 Å². The maximum Gasteiger partial charge on any atom is 0.339 e. The maximum atomic E-state index is 12.6. The molecule has 0 bridgehead atoms. The minimum Gasteiger partial charge on any atom is -0.490 e. The first kappa shape index (κ1) is 20.5. The van der Waals surface area contributed by atoms with Gasteiger partial charge < -0.3 is 14.1 Å². The summed E-state index contributed by atoms with van der Waals surface area (Å²) in [4.78, 5) is 27.2. The first-order valence-corrected chi connectivity index (χ1v) is 10.6. The van der Waals surface area contributed by atoms with E-state index in [4.69, 9.17) is 9.15 Å². The summed E-state index contributed by atoms with van der Waals surface area (Å²) in [5.41, 5.74) is 0.642. The molecule has 2 aromatic rings. The number of carbonyl (C=O) groups is 1. The molecule has 1 amide bonds. The Morgan fingerprint density at radius 1 is 1.21 bits per heavy atom. The number of piperidine rings is 1. The van der Waals surface area contributed by atoms with Crippen molar-refractivity contribution in [1.82, 2.24) is 4.90 Å². The van der Waals surface area contributed by atoms with E-state index in [2.05, 4.69) is 26.0 Å². The van der Waals surface area contributed by atoms with Gasteiger partial charge in [-0.25, -0.2) is 4.79 Å². The Hall–Kier alpha value is -2.21. The second kappa shape index (κ2) is 9.32. The zero-order chi connectivity index (χ0) is 20.1. The van der Waals surface area contributed by atoms with Crippen molar-refractivity contribution < 1.29 is 13.9 Å². The summed E-state index contributed by atoms with van der Waals surface area (Å²) in [5, 5.41) is 0.547. The van der Waals surface area contributed by atoms with E-state index in [1.54, 1.807) is 13.0 Å². The lowest BCUT2D eigenvalue weighted by Gasteiger charge is -2.32. The average Bonchev–Trinajstić information content (AvgIpc) is 2.62. The number of ether oxygens (including phenoxy) is 1. The highest BCUT2D eigenvalue weighted by molar-refractivity contribution is 7.99. The van der Waals surface area contributed by atoms with Crippen molar-refractivity contribution in [1.29, 1.82) is 0 Å². The van der Waals surface area contributed by atoms with Crippen LogP contribution in [0.5, 0.6) is 5.75 Å². The van der Waals surface area contributed by atoms with E-state index in [-0.39, 0.29) is 12.0 Å². The van der Waals surface area contributed by atoms with E-state index < -0.39 is 5.63 Å². The summed E-state index contributed by atoms with van der Waals surface area (Å²) in [6.07, 6.45) is 1.96. The lowest BCUT2D eigenvalue weighted by atomic mass is 10.1. The number of carbonyl (C=O) groups excluding carboxylic acids is 1. The van der Waals surface area contributed by atoms with Crippen molar-refractivity contribution >= 4 is 17.7 Å². The van der Waals surface area contributed by atoms with Gasteiger partial charge in [0.05, 0.1) is 12.5 Å². The van der Waals surface area contributed by atoms with Gasteiger partial charge in [-0.05, 0) is 24.6 Å². The first-order valence-electron chi connectivity index (χ1n) is 9.71. The molecule has 2 heterocycles. The maximum absolute atomic E-state index is 12.6. The van der Waals surface area contributed by atoms with Gasteiger partial charge in [-0.1, -0.05) is 26.0 Å². The summed E-state index contributed by atoms with van der Waals surface area (Å²) in [6, 6.07) is 11.4. The third-order valence-corrected chi connectivity index (χ3v) is 5.63. The van der Waals surface area contributed by atoms with Crippen molar-refractivity contribution in [3.8, 4) is 5.75 Å². The number of hydrogen-bond donors (Lipinski definition) is 0. The molecule has 1 fully saturated rings. The summed E-state index contributed by atoms with van der Waals surface area (Å²) in [7, 11) is 0. The van der Waals surface area contributed by atoms with Gasteiger partial charge in [0.2, 0.25) is 5.91 Å². The predicted molar refractivity (Wildman–Crippen MR) is 111 cm³/mol. The number of rotatable bonds is 6. The Labute approximate surface area is 170 Å². The van der Waals surface area contributed by atoms with Crippen LogP contribution in [-0.4, -0.2) is 35.3 Å². The molecule has 1 saturated heterocycles. The molecule has 0 N–H and O–H groups in total. The SMILES string of the molecule is Cc1cc(OC2CCN(C(=O)Cc3ccc(SC(C)C)cc3)CC2)cc(=O)o1. The van der Waals surface area contributed by atoms with Crippen LogP contribution in [0.15, 0.2) is 50.5 Å². The summed E-state index contributed by atoms with van der Waals surface area (Å²) < 4.78 is 10.9. The molecule has 0 spiro atoms. The standard InChI is InChI=1S/C22H27NO4S/c1-15(2)28-20-6-4-17(5-7-20)13-21(24)23-10-8-18(9-11-23)27-19-12-16(3)26-22(25)14-19/h4-7,12,14-15,18H,8-11,13H2,1-3H3. The number of likely N-dealkylation sites (tertiary alicyclic amines) is 1. The highest BCUT2D eigenvalue weighted by Gasteiger charge is 2.24. The van der Waals surface area contributed by atoms with Crippen molar-refractivity contribution in [2.45, 2.75) is 56.3 Å². The van der Waals surface area contributed by atoms with E-state index in [0.717, 1.165) is 18.4 Å². The fraction of sp³-hybridized carbons (Fsp3) is 0.455. The topological polar surface area (TPSA) is 59.8 Å². The zero-order valence-corrected chi connectivity index (χ0v) is 17.5. The molecule has 28 heavy (non-hydrogen) atoms. The molecule has 0 saturated carbocycles. The number of benzene rings is 1. The molecule has 1 aromatic heterocycles. The lowest BCUT2D eigenvalue weighted by molar-refractivity contribution is -0.132. The van der Waals surface area contributed by atoms with Crippen LogP contribution >= 0.6 is 11.8 Å². The second-order valence-corrected chi connectivity index (χ2v) is 9.06. The lowest BCUT2D eigenvalue weighted by Crippen LogP contribution is -2.42. The molecular formula is C22H27NO4S. The molecule has 150 valence electrons. The zero-order valence-electron chi connectivity index (χ0n) is 16.6. The minimum atomic E-state index is -0.402. The van der Waals surface area contributed by atoms with Crippen LogP contribution in [0.4, 0.5) is 0 Å². The minimum absolute atomic E-state index is 0.0117. The quantitative estimate of drug-likeness (QED) is 0.683. The van der Waals surface area contributed by atoms with Gasteiger partial charge in [0.1, 0.15) is 17.6 Å². The smallest absolute Gasteiger partial charge is 0.339 e. The molecular weight excluding hydrogens is 374 g/mol. The van der Waals surface area contributed by atoms with Crippen LogP contribution in [0, 0.1) is 6.92 Å². The second-order valence-electron chi connectivity index (χ2n) is 7.41. The molecule has 1 aromatic carbocycles. The highest BCUT2D eigenvalue weighted by atomic mass is 32.2. The van der Waals surface area contributed by atoms with Gasteiger partial charge in [0, 0.05) is 42.1 Å². The van der Waals surface area contributed by atoms with Crippen LogP contribution < -0.4 is 10.4 Å². The predicted octanol–water partition coefficient (Wildman–Crippen LogP) is 4.06. The molecule has 0 atom stereocenters. The van der Waals surface area contributed by atoms with Crippen LogP contribution in [0.1, 0.15) is 38.0 Å². The molecule has 5 nitrogen and oxygen atoms in total. The van der Waals surface area contributed by atoms with Gasteiger partial charge in [0.25, 0.3) is 0 Å². The summed E-state index contributed by atoms with van der Waals surface area (Å²) in [5.74, 6) is 1.23.